The van der Waals surface area contributed by atoms with Crippen molar-refractivity contribution in [1.29, 1.82) is 0 Å². The van der Waals surface area contributed by atoms with E-state index in [1.54, 1.807) is 24.0 Å². The van der Waals surface area contributed by atoms with Gasteiger partial charge in [-0.15, -0.1) is 0 Å². The van der Waals surface area contributed by atoms with Gasteiger partial charge in [-0.2, -0.15) is 0 Å². The summed E-state index contributed by atoms with van der Waals surface area (Å²) in [5.41, 5.74) is 1.82. The maximum Gasteiger partial charge on any atom is 0.261 e. The lowest BCUT2D eigenvalue weighted by molar-refractivity contribution is 0.102. The molecule has 3 rings (SSSR count). The van der Waals surface area contributed by atoms with E-state index in [4.69, 9.17) is 16.1 Å². The highest BCUT2D eigenvalue weighted by atomic mass is 35.5. The summed E-state index contributed by atoms with van der Waals surface area (Å²) >= 11 is 6.21. The molecule has 0 aliphatic carbocycles. The van der Waals surface area contributed by atoms with Crippen LogP contribution in [-0.4, -0.2) is 35.1 Å². The maximum atomic E-state index is 12.7. The molecule has 0 spiro atoms. The number of aryl methyl sites for hydroxylation is 1. The normalized spacial score (nSPS) is 10.6. The Morgan fingerprint density at radius 3 is 2.52 bits per heavy atom. The first-order valence-corrected chi connectivity index (χ1v) is 7.87. The quantitative estimate of drug-likeness (QED) is 0.770. The number of amides is 1. The van der Waals surface area contributed by atoms with Gasteiger partial charge in [-0.3, -0.25) is 4.79 Å². The van der Waals surface area contributed by atoms with Gasteiger partial charge in [0.2, 0.25) is 5.95 Å². The SMILES string of the molecule is Cc1onc(-c2ccccc2Cl)c1C(=O)Nc1cnc(N(C)C)nc1. The molecule has 0 unspecified atom stereocenters. The molecule has 0 saturated heterocycles. The highest BCUT2D eigenvalue weighted by molar-refractivity contribution is 6.33. The van der Waals surface area contributed by atoms with Crippen molar-refractivity contribution in [3.63, 3.8) is 0 Å². The second-order valence-corrected chi connectivity index (χ2v) is 5.97. The van der Waals surface area contributed by atoms with Crippen molar-refractivity contribution in [2.24, 2.45) is 0 Å². The van der Waals surface area contributed by atoms with Crippen molar-refractivity contribution in [3.8, 4) is 11.3 Å². The number of carbonyl (C=O) groups excluding carboxylic acids is 1. The van der Waals surface area contributed by atoms with E-state index in [2.05, 4.69) is 20.4 Å². The number of hydrogen-bond donors (Lipinski definition) is 1. The third-order valence-electron chi connectivity index (χ3n) is 3.51. The van der Waals surface area contributed by atoms with Gasteiger partial charge in [0.25, 0.3) is 5.91 Å². The van der Waals surface area contributed by atoms with Crippen molar-refractivity contribution in [1.82, 2.24) is 15.1 Å². The topological polar surface area (TPSA) is 84.2 Å². The Labute approximate surface area is 149 Å². The zero-order chi connectivity index (χ0) is 18.0. The van der Waals surface area contributed by atoms with E-state index < -0.39 is 0 Å². The fourth-order valence-corrected chi connectivity index (χ4v) is 2.51. The highest BCUT2D eigenvalue weighted by Crippen LogP contribution is 2.31. The van der Waals surface area contributed by atoms with Crippen molar-refractivity contribution < 1.29 is 9.32 Å². The molecule has 128 valence electrons. The third kappa shape index (κ3) is 3.46. The summed E-state index contributed by atoms with van der Waals surface area (Å²) < 4.78 is 5.21. The summed E-state index contributed by atoms with van der Waals surface area (Å²) in [6, 6.07) is 7.14. The molecule has 1 amide bonds. The molecule has 0 aliphatic heterocycles. The zero-order valence-electron chi connectivity index (χ0n) is 13.9. The summed E-state index contributed by atoms with van der Waals surface area (Å²) in [7, 11) is 3.67. The van der Waals surface area contributed by atoms with Gasteiger partial charge in [0.15, 0.2) is 0 Å². The van der Waals surface area contributed by atoms with Gasteiger partial charge in [0, 0.05) is 19.7 Å². The second kappa shape index (κ2) is 6.90. The summed E-state index contributed by atoms with van der Waals surface area (Å²) in [4.78, 5) is 22.8. The second-order valence-electron chi connectivity index (χ2n) is 5.56. The molecule has 1 N–H and O–H groups in total. The van der Waals surface area contributed by atoms with E-state index in [1.165, 1.54) is 12.4 Å². The van der Waals surface area contributed by atoms with Gasteiger partial charge in [-0.25, -0.2) is 9.97 Å². The Bertz CT molecular complexity index is 906. The monoisotopic (exact) mass is 357 g/mol. The number of anilines is 2. The van der Waals surface area contributed by atoms with E-state index in [1.807, 2.05) is 26.2 Å². The molecule has 0 aliphatic rings. The Morgan fingerprint density at radius 2 is 1.88 bits per heavy atom. The van der Waals surface area contributed by atoms with E-state index in [0.717, 1.165) is 0 Å². The van der Waals surface area contributed by atoms with Gasteiger partial charge < -0.3 is 14.7 Å². The first-order valence-electron chi connectivity index (χ1n) is 7.49. The molecule has 8 heteroatoms. The lowest BCUT2D eigenvalue weighted by Crippen LogP contribution is -2.16. The average molecular weight is 358 g/mol. The van der Waals surface area contributed by atoms with Crippen LogP contribution in [0.3, 0.4) is 0 Å². The van der Waals surface area contributed by atoms with Gasteiger partial charge in [-0.1, -0.05) is 35.0 Å². The van der Waals surface area contributed by atoms with E-state index in [0.29, 0.717) is 39.2 Å². The van der Waals surface area contributed by atoms with Crippen LogP contribution >= 0.6 is 11.6 Å². The average Bonchev–Trinajstić information content (AvgIpc) is 2.97. The van der Waals surface area contributed by atoms with Crippen LogP contribution in [0.4, 0.5) is 11.6 Å². The van der Waals surface area contributed by atoms with Gasteiger partial charge in [-0.05, 0) is 13.0 Å². The highest BCUT2D eigenvalue weighted by Gasteiger charge is 2.23. The fraction of sp³-hybridized carbons (Fsp3) is 0.176. The van der Waals surface area contributed by atoms with Crippen LogP contribution in [0.25, 0.3) is 11.3 Å². The molecule has 3 aromatic rings. The molecule has 0 saturated carbocycles. The number of halogens is 1. The van der Waals surface area contributed by atoms with Crippen LogP contribution in [0, 0.1) is 6.92 Å². The minimum atomic E-state index is -0.366. The standard InChI is InChI=1S/C17H16ClN5O2/c1-10-14(15(22-25-10)12-6-4-5-7-13(12)18)16(24)21-11-8-19-17(20-9-11)23(2)3/h4-9H,1-3H3,(H,21,24). The molecule has 7 nitrogen and oxygen atoms in total. The van der Waals surface area contributed by atoms with Gasteiger partial charge in [0.1, 0.15) is 17.0 Å². The van der Waals surface area contributed by atoms with Crippen LogP contribution < -0.4 is 10.2 Å². The maximum absolute atomic E-state index is 12.7. The molecule has 0 fully saturated rings. The lowest BCUT2D eigenvalue weighted by atomic mass is 10.1. The van der Waals surface area contributed by atoms with Crippen LogP contribution in [0.1, 0.15) is 16.1 Å². The van der Waals surface area contributed by atoms with Crippen molar-refractivity contribution in [2.45, 2.75) is 6.92 Å². The van der Waals surface area contributed by atoms with Crippen molar-refractivity contribution >= 4 is 29.1 Å². The molecule has 2 aromatic heterocycles. The summed E-state index contributed by atoms with van der Waals surface area (Å²) in [6.45, 7) is 1.67. The molecular formula is C17H16ClN5O2. The molecule has 2 heterocycles. The first kappa shape index (κ1) is 16.9. The van der Waals surface area contributed by atoms with Crippen molar-refractivity contribution in [2.75, 3.05) is 24.3 Å². The predicted octanol–water partition coefficient (Wildman–Crippen LogP) is 3.41. The minimum Gasteiger partial charge on any atom is -0.360 e. The minimum absolute atomic E-state index is 0.324. The van der Waals surface area contributed by atoms with Gasteiger partial charge >= 0.3 is 0 Å². The van der Waals surface area contributed by atoms with Crippen LogP contribution in [0.2, 0.25) is 5.02 Å². The van der Waals surface area contributed by atoms with E-state index in [9.17, 15) is 4.79 Å². The van der Waals surface area contributed by atoms with E-state index in [-0.39, 0.29) is 5.91 Å². The number of aromatic nitrogens is 3. The molecule has 25 heavy (non-hydrogen) atoms. The molecule has 0 radical (unpaired) electrons. The van der Waals surface area contributed by atoms with Gasteiger partial charge in [0.05, 0.1) is 23.1 Å². The number of benzene rings is 1. The first-order chi connectivity index (χ1) is 12.0. The fourth-order valence-electron chi connectivity index (χ4n) is 2.29. The number of nitrogens with zero attached hydrogens (tertiary/aromatic N) is 4. The van der Waals surface area contributed by atoms with Crippen molar-refractivity contribution in [3.05, 3.63) is 53.0 Å². The molecule has 0 atom stereocenters. The molecule has 1 aromatic carbocycles. The summed E-state index contributed by atoms with van der Waals surface area (Å²) in [5.74, 6) is 0.587. The smallest absolute Gasteiger partial charge is 0.261 e. The molecule has 0 bridgehead atoms. The number of hydrogen-bond acceptors (Lipinski definition) is 6. The zero-order valence-corrected chi connectivity index (χ0v) is 14.7. The molecular weight excluding hydrogens is 342 g/mol. The Hall–Kier alpha value is -2.93. The third-order valence-corrected chi connectivity index (χ3v) is 3.84. The van der Waals surface area contributed by atoms with Crippen LogP contribution in [0.5, 0.6) is 0 Å². The van der Waals surface area contributed by atoms with E-state index >= 15 is 0 Å². The number of nitrogens with one attached hydrogen (secondary N) is 1. The summed E-state index contributed by atoms with van der Waals surface area (Å²) in [5, 5.41) is 7.23. The Morgan fingerprint density at radius 1 is 1.20 bits per heavy atom. The lowest BCUT2D eigenvalue weighted by Gasteiger charge is -2.10. The Balaban J connectivity index is 1.90. The number of rotatable bonds is 4. The Kier molecular flexibility index (Phi) is 4.67. The van der Waals surface area contributed by atoms with Crippen LogP contribution in [0.15, 0.2) is 41.2 Å². The predicted molar refractivity (Wildman–Crippen MR) is 96.0 cm³/mol. The van der Waals surface area contributed by atoms with Crippen LogP contribution in [-0.2, 0) is 0 Å². The summed E-state index contributed by atoms with van der Waals surface area (Å²) in [6.07, 6.45) is 3.08. The largest absolute Gasteiger partial charge is 0.360 e. The number of carbonyl (C=O) groups is 1.